The van der Waals surface area contributed by atoms with E-state index in [1.54, 1.807) is 18.2 Å². The fourth-order valence-electron chi connectivity index (χ4n) is 3.30. The molecule has 9 heteroatoms. The Hall–Kier alpha value is -2.65. The lowest BCUT2D eigenvalue weighted by Gasteiger charge is -2.07. The van der Waals surface area contributed by atoms with Crippen LogP contribution in [0.15, 0.2) is 57.9 Å². The number of hydrogen-bond donors (Lipinski definition) is 1. The average Bonchev–Trinajstić information content (AvgIpc) is 2.96. The summed E-state index contributed by atoms with van der Waals surface area (Å²) in [5.74, 6) is -1.69. The number of sulfonamides is 1. The van der Waals surface area contributed by atoms with Gasteiger partial charge < -0.3 is 4.52 Å². The van der Waals surface area contributed by atoms with E-state index in [2.05, 4.69) is 14.9 Å². The van der Waals surface area contributed by atoms with Crippen molar-refractivity contribution in [1.82, 2.24) is 14.9 Å². The van der Waals surface area contributed by atoms with Crippen LogP contribution in [0.2, 0.25) is 0 Å². The van der Waals surface area contributed by atoms with Gasteiger partial charge in [0, 0.05) is 12.1 Å². The Kier molecular flexibility index (Phi) is 4.31. The molecule has 0 unspecified atom stereocenters. The van der Waals surface area contributed by atoms with E-state index < -0.39 is 33.1 Å². The molecule has 146 valence electrons. The summed E-state index contributed by atoms with van der Waals surface area (Å²) in [4.78, 5) is 4.37. The monoisotopic (exact) mass is 405 g/mol. The Morgan fingerprint density at radius 1 is 1.11 bits per heavy atom. The van der Waals surface area contributed by atoms with E-state index >= 15 is 0 Å². The van der Waals surface area contributed by atoms with E-state index in [9.17, 15) is 17.2 Å². The molecule has 2 aromatic carbocycles. The van der Waals surface area contributed by atoms with Crippen LogP contribution in [0.25, 0.3) is 11.4 Å². The fourth-order valence-corrected chi connectivity index (χ4v) is 4.72. The largest absolute Gasteiger partial charge is 0.339 e. The highest BCUT2D eigenvalue weighted by atomic mass is 32.2. The van der Waals surface area contributed by atoms with E-state index in [1.165, 1.54) is 18.2 Å². The van der Waals surface area contributed by atoms with E-state index in [0.29, 0.717) is 0 Å². The number of nitrogens with zero attached hydrogens (tertiary/aromatic N) is 2. The minimum atomic E-state index is -3.71. The predicted molar refractivity (Wildman–Crippen MR) is 96.7 cm³/mol. The van der Waals surface area contributed by atoms with Crippen molar-refractivity contribution in [3.8, 4) is 11.4 Å². The van der Waals surface area contributed by atoms with E-state index in [1.807, 2.05) is 13.8 Å². The van der Waals surface area contributed by atoms with Gasteiger partial charge in [-0.05, 0) is 29.7 Å². The van der Waals surface area contributed by atoms with Crippen LogP contribution in [0, 0.1) is 17.0 Å². The molecule has 0 bridgehead atoms. The molecule has 1 aromatic heterocycles. The van der Waals surface area contributed by atoms with E-state index in [4.69, 9.17) is 4.52 Å². The smallest absolute Gasteiger partial charge is 0.240 e. The topological polar surface area (TPSA) is 85.1 Å². The van der Waals surface area contributed by atoms with Crippen molar-refractivity contribution < 1.29 is 21.7 Å². The van der Waals surface area contributed by atoms with Crippen LogP contribution in [0.5, 0.6) is 0 Å². The number of aromatic nitrogens is 2. The van der Waals surface area contributed by atoms with Crippen molar-refractivity contribution >= 4 is 10.0 Å². The summed E-state index contributed by atoms with van der Waals surface area (Å²) >= 11 is 0. The van der Waals surface area contributed by atoms with E-state index in [0.717, 1.165) is 12.1 Å². The van der Waals surface area contributed by atoms with Gasteiger partial charge >= 0.3 is 0 Å². The van der Waals surface area contributed by atoms with Gasteiger partial charge in [-0.2, -0.15) is 4.98 Å². The van der Waals surface area contributed by atoms with Gasteiger partial charge in [0.1, 0.15) is 11.6 Å². The molecule has 1 heterocycles. The lowest BCUT2D eigenvalue weighted by atomic mass is 10.1. The van der Waals surface area contributed by atoms with Gasteiger partial charge in [-0.3, -0.25) is 0 Å². The summed E-state index contributed by atoms with van der Waals surface area (Å²) in [5.41, 5.74) is -0.455. The van der Waals surface area contributed by atoms with Crippen LogP contribution in [0.3, 0.4) is 0 Å². The van der Waals surface area contributed by atoms with Crippen molar-refractivity contribution in [2.24, 2.45) is 5.41 Å². The van der Waals surface area contributed by atoms with Crippen LogP contribution in [-0.4, -0.2) is 24.6 Å². The van der Waals surface area contributed by atoms with Crippen molar-refractivity contribution in [1.29, 1.82) is 0 Å². The lowest BCUT2D eigenvalue weighted by molar-refractivity contribution is 0.367. The summed E-state index contributed by atoms with van der Waals surface area (Å²) in [6.45, 7) is 3.75. The minimum absolute atomic E-state index is 0.0104. The van der Waals surface area contributed by atoms with Gasteiger partial charge in [-0.25, -0.2) is 21.9 Å². The third kappa shape index (κ3) is 3.20. The normalized spacial score (nSPS) is 20.9. The summed E-state index contributed by atoms with van der Waals surface area (Å²) in [5, 5.41) is 3.77. The SMILES string of the molecule is CC1(C)[C@H](NS(=O)(=O)c2ccccc2)[C@@H]1c1nc(-c2ccc(F)cc2F)no1. The molecule has 1 aliphatic rings. The second-order valence-electron chi connectivity index (χ2n) is 7.29. The maximum atomic E-state index is 13.9. The average molecular weight is 405 g/mol. The molecule has 4 rings (SSSR count). The van der Waals surface area contributed by atoms with E-state index in [-0.39, 0.29) is 28.1 Å². The molecule has 3 aromatic rings. The second kappa shape index (κ2) is 6.46. The zero-order valence-electron chi connectivity index (χ0n) is 15.1. The van der Waals surface area contributed by atoms with Crippen molar-refractivity contribution in [2.75, 3.05) is 0 Å². The van der Waals surface area contributed by atoms with Crippen LogP contribution < -0.4 is 4.72 Å². The summed E-state index contributed by atoms with van der Waals surface area (Å²) in [6.07, 6.45) is 0. The maximum Gasteiger partial charge on any atom is 0.240 e. The van der Waals surface area contributed by atoms with Gasteiger partial charge in [0.25, 0.3) is 0 Å². The van der Waals surface area contributed by atoms with Crippen molar-refractivity contribution in [3.63, 3.8) is 0 Å². The Balaban J connectivity index is 1.58. The first kappa shape index (κ1) is 18.7. The molecule has 0 saturated heterocycles. The molecule has 28 heavy (non-hydrogen) atoms. The summed E-state index contributed by atoms with van der Waals surface area (Å²) in [7, 11) is -3.71. The number of nitrogens with one attached hydrogen (secondary N) is 1. The molecule has 1 saturated carbocycles. The molecule has 0 amide bonds. The van der Waals surface area contributed by atoms with Crippen LogP contribution in [0.4, 0.5) is 8.78 Å². The molecule has 1 N–H and O–H groups in total. The third-order valence-electron chi connectivity index (χ3n) is 5.04. The maximum absolute atomic E-state index is 13.9. The Bertz CT molecular complexity index is 1130. The molecule has 1 aliphatic carbocycles. The lowest BCUT2D eigenvalue weighted by Crippen LogP contribution is -2.29. The molecule has 0 aliphatic heterocycles. The predicted octanol–water partition coefficient (Wildman–Crippen LogP) is 3.49. The molecule has 6 nitrogen and oxygen atoms in total. The van der Waals surface area contributed by atoms with Gasteiger partial charge in [0.15, 0.2) is 0 Å². The molecule has 0 radical (unpaired) electrons. The minimum Gasteiger partial charge on any atom is -0.339 e. The Labute approximate surface area is 160 Å². The molecular formula is C19H17F2N3O3S. The van der Waals surface area contributed by atoms with Crippen molar-refractivity contribution in [2.45, 2.75) is 30.7 Å². The van der Waals surface area contributed by atoms with Gasteiger partial charge in [0.05, 0.1) is 16.4 Å². The highest BCUT2D eigenvalue weighted by molar-refractivity contribution is 7.89. The second-order valence-corrected chi connectivity index (χ2v) is 9.01. The standard InChI is InChI=1S/C19H17F2N3O3S/c1-19(2)15(16(19)24-28(25,26)12-6-4-3-5-7-12)18-22-17(23-27-18)13-9-8-11(20)10-14(13)21/h3-10,15-16,24H,1-2H3/t15-,16-/m1/s1. The zero-order valence-corrected chi connectivity index (χ0v) is 15.9. The first-order valence-electron chi connectivity index (χ1n) is 8.56. The van der Waals surface area contributed by atoms with Gasteiger partial charge in [-0.1, -0.05) is 37.2 Å². The number of benzene rings is 2. The highest BCUT2D eigenvalue weighted by Crippen LogP contribution is 2.58. The molecule has 1 fully saturated rings. The summed E-state index contributed by atoms with van der Waals surface area (Å²) < 4.78 is 60.1. The number of halogens is 2. The highest BCUT2D eigenvalue weighted by Gasteiger charge is 2.63. The number of rotatable bonds is 5. The Morgan fingerprint density at radius 3 is 2.50 bits per heavy atom. The Morgan fingerprint density at radius 2 is 1.82 bits per heavy atom. The number of hydrogen-bond acceptors (Lipinski definition) is 5. The zero-order chi connectivity index (χ0) is 20.1. The third-order valence-corrected chi connectivity index (χ3v) is 6.50. The van der Waals surface area contributed by atoms with Gasteiger partial charge in [0.2, 0.25) is 21.7 Å². The first-order valence-corrected chi connectivity index (χ1v) is 10.0. The van der Waals surface area contributed by atoms with Crippen LogP contribution >= 0.6 is 0 Å². The molecular weight excluding hydrogens is 388 g/mol. The van der Waals surface area contributed by atoms with Crippen molar-refractivity contribution in [3.05, 3.63) is 66.1 Å². The molecule has 0 spiro atoms. The first-order chi connectivity index (χ1) is 13.2. The van der Waals surface area contributed by atoms with Crippen LogP contribution in [0.1, 0.15) is 25.7 Å². The van der Waals surface area contributed by atoms with Gasteiger partial charge in [-0.15, -0.1) is 0 Å². The molecule has 2 atom stereocenters. The fraction of sp³-hybridized carbons (Fsp3) is 0.263. The quantitative estimate of drug-likeness (QED) is 0.702. The summed E-state index contributed by atoms with van der Waals surface area (Å²) in [6, 6.07) is 10.7. The van der Waals surface area contributed by atoms with Crippen LogP contribution in [-0.2, 0) is 10.0 Å².